The minimum atomic E-state index is -4.81. The van der Waals surface area contributed by atoms with Crippen LogP contribution < -0.4 is 10.1 Å². The number of carbonyl (C=O) groups excluding carboxylic acids is 1. The van der Waals surface area contributed by atoms with Crippen LogP contribution in [0.2, 0.25) is 5.28 Å². The zero-order valence-electron chi connectivity index (χ0n) is 38.1. The predicted molar refractivity (Wildman–Crippen MR) is 238 cm³/mol. The molecular formula is C39H56ClF3N8O18P2. The minimum Gasteiger partial charge on any atom is -0.420 e. The summed E-state index contributed by atoms with van der Waals surface area (Å²) in [6, 6.07) is 0.826. The fraction of sp³-hybridized carbons (Fsp3) is 0.641. The number of aliphatic hydroxyl groups is 1. The third-order valence-corrected chi connectivity index (χ3v) is 13.0. The molecule has 5 N–H and O–H groups in total. The van der Waals surface area contributed by atoms with Crippen LogP contribution in [-0.2, 0) is 74.2 Å². The van der Waals surface area contributed by atoms with Crippen molar-refractivity contribution in [2.45, 2.75) is 44.4 Å². The van der Waals surface area contributed by atoms with E-state index in [1.807, 2.05) is 0 Å². The summed E-state index contributed by atoms with van der Waals surface area (Å²) >= 11 is 6.18. The lowest BCUT2D eigenvalue weighted by Crippen LogP contribution is -2.21. The number of nitrogens with zero attached hydrogens (tertiary/aromatic N) is 7. The molecule has 1 aliphatic heterocycles. The Bertz CT molecular complexity index is 2320. The van der Waals surface area contributed by atoms with Crippen molar-refractivity contribution in [3.63, 3.8) is 0 Å². The van der Waals surface area contributed by atoms with Crippen LogP contribution in [0.25, 0.3) is 11.0 Å². The molecule has 1 aromatic carbocycles. The standard InChI is InChI=1S/C39H56ClF3N8O18P2/c40-39-46-36(30-22-45-51(37(30)47-39)38-33(52)21-29(68-38)25-67-71(57,58)26-70(54,55)56)44-2-5-60-8-11-63-15-16-65-17-18-66-24-28-23-50(49-48-28)3-6-61-9-12-64-14-13-62-10-7-59-4-1-34(53)69-35-31(42)19-27(41)20-32(35)43/h19-20,22-23,29,33,38,52H,1-18,21,24-26H2,(H,57,58)(H,44,46,47)(H2,54,55,56)/t29-,33+,38+/m0/s1. The predicted octanol–water partition coefficient (Wildman–Crippen LogP) is 2.21. The maximum atomic E-state index is 13.6. The van der Waals surface area contributed by atoms with Crippen LogP contribution in [0.5, 0.6) is 5.75 Å². The number of rotatable bonds is 37. The molecule has 0 bridgehead atoms. The number of nitrogens with one attached hydrogen (secondary N) is 1. The Morgan fingerprint density at radius 3 is 2.01 bits per heavy atom. The second kappa shape index (κ2) is 30.4. The first-order chi connectivity index (χ1) is 34.1. The molecule has 1 aliphatic rings. The van der Waals surface area contributed by atoms with Crippen LogP contribution in [-0.4, -0.2) is 191 Å². The number of fused-ring (bicyclic) bond motifs is 1. The molecule has 4 aromatic rings. The van der Waals surface area contributed by atoms with Gasteiger partial charge in [-0.15, -0.1) is 5.10 Å². The van der Waals surface area contributed by atoms with Gasteiger partial charge >= 0.3 is 21.2 Å². The molecule has 4 heterocycles. The van der Waals surface area contributed by atoms with Gasteiger partial charge in [-0.3, -0.25) is 13.9 Å². The number of hydrogen-bond donors (Lipinski definition) is 5. The highest BCUT2D eigenvalue weighted by molar-refractivity contribution is 7.70. The summed E-state index contributed by atoms with van der Waals surface area (Å²) in [5.74, 6) is -6.65. The second-order valence-corrected chi connectivity index (χ2v) is 19.4. The molecule has 5 rings (SSSR count). The summed E-state index contributed by atoms with van der Waals surface area (Å²) < 4.78 is 125. The average molecular weight is 1080 g/mol. The fourth-order valence-corrected chi connectivity index (χ4v) is 8.96. The number of anilines is 1. The van der Waals surface area contributed by atoms with Gasteiger partial charge < -0.3 is 77.0 Å². The van der Waals surface area contributed by atoms with Crippen molar-refractivity contribution in [2.75, 3.05) is 123 Å². The third kappa shape index (κ3) is 21.6. The maximum absolute atomic E-state index is 13.6. The third-order valence-electron chi connectivity index (χ3n) is 9.36. The number of hydrogen-bond acceptors (Lipinski definition) is 21. The van der Waals surface area contributed by atoms with E-state index in [2.05, 4.69) is 35.4 Å². The van der Waals surface area contributed by atoms with E-state index >= 15 is 0 Å². The van der Waals surface area contributed by atoms with Gasteiger partial charge in [0.05, 0.1) is 149 Å². The van der Waals surface area contributed by atoms with Crippen molar-refractivity contribution in [2.24, 2.45) is 0 Å². The van der Waals surface area contributed by atoms with Crippen LogP contribution in [0.15, 0.2) is 24.5 Å². The maximum Gasteiger partial charge on any atom is 0.340 e. The number of halogens is 4. The number of benzene rings is 1. The van der Waals surface area contributed by atoms with Crippen molar-refractivity contribution in [3.8, 4) is 5.75 Å². The minimum absolute atomic E-state index is 0.0231. The highest BCUT2D eigenvalue weighted by atomic mass is 35.5. The Balaban J connectivity index is 0.787. The number of ether oxygens (including phenoxy) is 10. The average Bonchev–Trinajstić information content (AvgIpc) is 4.04. The van der Waals surface area contributed by atoms with Gasteiger partial charge in [-0.1, -0.05) is 5.21 Å². The summed E-state index contributed by atoms with van der Waals surface area (Å²) in [5.41, 5.74) is 0.889. The lowest BCUT2D eigenvalue weighted by molar-refractivity contribution is -0.136. The van der Waals surface area contributed by atoms with Gasteiger partial charge in [0.2, 0.25) is 11.0 Å². The smallest absolute Gasteiger partial charge is 0.340 e. The highest BCUT2D eigenvalue weighted by Crippen LogP contribution is 2.55. The van der Waals surface area contributed by atoms with Crippen LogP contribution in [0, 0.1) is 17.5 Å². The highest BCUT2D eigenvalue weighted by Gasteiger charge is 2.39. The summed E-state index contributed by atoms with van der Waals surface area (Å²) in [6.07, 6.45) is -0.160. The quantitative estimate of drug-likeness (QED) is 0.0142. The molecule has 0 aliphatic carbocycles. The Labute approximate surface area is 408 Å². The molecule has 1 unspecified atom stereocenters. The van der Waals surface area contributed by atoms with Crippen LogP contribution in [0.4, 0.5) is 19.0 Å². The van der Waals surface area contributed by atoms with Crippen molar-refractivity contribution < 1.29 is 98.8 Å². The van der Waals surface area contributed by atoms with Crippen molar-refractivity contribution in [1.82, 2.24) is 34.7 Å². The molecule has 26 nitrogen and oxygen atoms in total. The van der Waals surface area contributed by atoms with Crippen LogP contribution in [0.1, 0.15) is 24.8 Å². The first-order valence-electron chi connectivity index (χ1n) is 21.9. The van der Waals surface area contributed by atoms with Crippen molar-refractivity contribution in [3.05, 3.63) is 53.0 Å². The van der Waals surface area contributed by atoms with E-state index in [0.717, 1.165) is 0 Å². The molecule has 1 saturated heterocycles. The molecule has 0 amide bonds. The molecule has 398 valence electrons. The first-order valence-corrected chi connectivity index (χ1v) is 25.9. The molecule has 32 heteroatoms. The zero-order chi connectivity index (χ0) is 51.1. The van der Waals surface area contributed by atoms with Gasteiger partial charge in [0.25, 0.3) is 0 Å². The molecule has 0 spiro atoms. The Morgan fingerprint density at radius 2 is 1.39 bits per heavy atom. The number of aliphatic hydroxyl groups excluding tert-OH is 1. The van der Waals surface area contributed by atoms with Gasteiger partial charge in [-0.25, -0.2) is 22.5 Å². The van der Waals surface area contributed by atoms with E-state index in [9.17, 15) is 37.1 Å². The van der Waals surface area contributed by atoms with E-state index in [0.29, 0.717) is 121 Å². The summed E-state index contributed by atoms with van der Waals surface area (Å²) in [4.78, 5) is 47.9. The Hall–Kier alpha value is -3.84. The normalized spacial score (nSPS) is 17.0. The zero-order valence-corrected chi connectivity index (χ0v) is 40.7. The number of carbonyl (C=O) groups is 1. The number of aromatic nitrogens is 7. The fourth-order valence-electron chi connectivity index (χ4n) is 6.21. The van der Waals surface area contributed by atoms with Gasteiger partial charge in [0, 0.05) is 25.1 Å². The largest absolute Gasteiger partial charge is 0.420 e. The van der Waals surface area contributed by atoms with Crippen LogP contribution in [0.3, 0.4) is 0 Å². The SMILES string of the molecule is O=C(CCOCCOCCOCCOCCn1cc(COCCOCCOCCOCCNc2nc(Cl)nc3c2cnn3[C@@H]2O[C@H](COP(=O)(O)CP(=O)(O)O)C[C@H]2O)nn1)Oc1c(F)cc(F)cc1F. The van der Waals surface area contributed by atoms with Crippen LogP contribution >= 0.6 is 26.8 Å². The second-order valence-electron chi connectivity index (χ2n) is 15.0. The molecular weight excluding hydrogens is 1020 g/mol. The topological polar surface area (TPSA) is 320 Å². The van der Waals surface area contributed by atoms with Gasteiger partial charge in [-0.05, 0) is 11.6 Å². The lowest BCUT2D eigenvalue weighted by Gasteiger charge is -2.18. The van der Waals surface area contributed by atoms with E-state index in [1.54, 1.807) is 10.9 Å². The summed E-state index contributed by atoms with van der Waals surface area (Å²) in [6.45, 7) is 5.03. The molecule has 3 aromatic heterocycles. The molecule has 0 saturated carbocycles. The van der Waals surface area contributed by atoms with E-state index < -0.39 is 75.3 Å². The first kappa shape index (κ1) is 58.1. The van der Waals surface area contributed by atoms with E-state index in [4.69, 9.17) is 68.5 Å². The number of esters is 1. The Morgan fingerprint density at radius 1 is 0.817 bits per heavy atom. The van der Waals surface area contributed by atoms with Crippen molar-refractivity contribution in [1.29, 1.82) is 0 Å². The van der Waals surface area contributed by atoms with Gasteiger partial charge in [0.15, 0.2) is 29.4 Å². The van der Waals surface area contributed by atoms with Gasteiger partial charge in [0.1, 0.15) is 23.4 Å². The van der Waals surface area contributed by atoms with Gasteiger partial charge in [-0.2, -0.15) is 15.1 Å². The summed E-state index contributed by atoms with van der Waals surface area (Å²) in [5, 5.41) is 26.5. The molecule has 1 fully saturated rings. The molecule has 0 radical (unpaired) electrons. The molecule has 71 heavy (non-hydrogen) atoms. The molecule has 4 atom stereocenters. The Kier molecular flexibility index (Phi) is 24.8. The van der Waals surface area contributed by atoms with E-state index in [1.165, 1.54) is 10.9 Å². The summed E-state index contributed by atoms with van der Waals surface area (Å²) in [7, 11) is -9.42. The monoisotopic (exact) mass is 1080 g/mol. The van der Waals surface area contributed by atoms with E-state index in [-0.39, 0.29) is 50.2 Å². The van der Waals surface area contributed by atoms with Crippen molar-refractivity contribution >= 4 is 49.6 Å². The lowest BCUT2D eigenvalue weighted by atomic mass is 10.2.